The summed E-state index contributed by atoms with van der Waals surface area (Å²) < 4.78 is 1.26. The number of aromatic amines is 1. The summed E-state index contributed by atoms with van der Waals surface area (Å²) in [7, 11) is 3.84. The maximum absolute atomic E-state index is 11.9. The van der Waals surface area contributed by atoms with Crippen molar-refractivity contribution in [2.24, 2.45) is 5.92 Å². The van der Waals surface area contributed by atoms with E-state index in [1.807, 2.05) is 19.0 Å². The zero-order valence-corrected chi connectivity index (χ0v) is 12.0. The second-order valence-electron chi connectivity index (χ2n) is 5.18. The third-order valence-corrected chi connectivity index (χ3v) is 2.82. The predicted octanol–water partition coefficient (Wildman–Crippen LogP) is 1.34. The number of rotatable bonds is 5. The van der Waals surface area contributed by atoms with E-state index in [2.05, 4.69) is 18.8 Å². The lowest BCUT2D eigenvalue weighted by atomic mass is 10.0. The molecule has 6 heteroatoms. The molecular formula is C12H20ClN3O2. The minimum absolute atomic E-state index is 0.0781. The number of halogens is 1. The standard InChI is InChI=1S/C12H20ClN3O2/c1-8(2)5-9(7-15(3)4)16-11(17)6-10(13)14-12(16)18/h6,8-9H,5,7H2,1-4H3,(H,14,18). The van der Waals surface area contributed by atoms with Crippen molar-refractivity contribution < 1.29 is 0 Å². The molecule has 0 radical (unpaired) electrons. The third kappa shape index (κ3) is 3.99. The molecule has 1 heterocycles. The zero-order valence-electron chi connectivity index (χ0n) is 11.2. The molecule has 0 aliphatic heterocycles. The van der Waals surface area contributed by atoms with Gasteiger partial charge in [0.05, 0.1) is 6.04 Å². The van der Waals surface area contributed by atoms with Crippen molar-refractivity contribution in [1.29, 1.82) is 0 Å². The maximum atomic E-state index is 11.9. The highest BCUT2D eigenvalue weighted by Crippen LogP contribution is 2.15. The first kappa shape index (κ1) is 15.0. The Balaban J connectivity index is 3.20. The maximum Gasteiger partial charge on any atom is 0.329 e. The second kappa shape index (κ2) is 6.20. The molecule has 18 heavy (non-hydrogen) atoms. The molecule has 1 aromatic heterocycles. The van der Waals surface area contributed by atoms with Crippen molar-refractivity contribution >= 4 is 11.6 Å². The lowest BCUT2D eigenvalue weighted by Gasteiger charge is -2.23. The average Bonchev–Trinajstić information content (AvgIpc) is 2.12. The van der Waals surface area contributed by atoms with Gasteiger partial charge in [-0.2, -0.15) is 0 Å². The number of nitrogens with zero attached hydrogens (tertiary/aromatic N) is 2. The van der Waals surface area contributed by atoms with Crippen LogP contribution in [0.1, 0.15) is 26.3 Å². The molecule has 0 saturated heterocycles. The zero-order chi connectivity index (χ0) is 13.9. The van der Waals surface area contributed by atoms with Crippen LogP contribution in [-0.2, 0) is 0 Å². The first-order valence-electron chi connectivity index (χ1n) is 5.97. The summed E-state index contributed by atoms with van der Waals surface area (Å²) in [6, 6.07) is 1.10. The molecule has 0 fully saturated rings. The van der Waals surface area contributed by atoms with E-state index in [-0.39, 0.29) is 16.8 Å². The fourth-order valence-electron chi connectivity index (χ4n) is 2.05. The highest BCUT2D eigenvalue weighted by molar-refractivity contribution is 6.29. The van der Waals surface area contributed by atoms with Gasteiger partial charge in [0.1, 0.15) is 5.15 Å². The smallest absolute Gasteiger partial charge is 0.307 e. The minimum Gasteiger partial charge on any atom is -0.307 e. The van der Waals surface area contributed by atoms with Gasteiger partial charge in [-0.3, -0.25) is 14.3 Å². The van der Waals surface area contributed by atoms with Crippen LogP contribution in [0.25, 0.3) is 0 Å². The summed E-state index contributed by atoms with van der Waals surface area (Å²) in [6.45, 7) is 4.78. The van der Waals surface area contributed by atoms with E-state index >= 15 is 0 Å². The van der Waals surface area contributed by atoms with Crippen LogP contribution in [0.4, 0.5) is 0 Å². The Morgan fingerprint density at radius 1 is 1.39 bits per heavy atom. The molecule has 5 nitrogen and oxygen atoms in total. The molecule has 1 rings (SSSR count). The highest BCUT2D eigenvalue weighted by atomic mass is 35.5. The second-order valence-corrected chi connectivity index (χ2v) is 5.58. The molecule has 1 aromatic rings. The third-order valence-electron chi connectivity index (χ3n) is 2.62. The Kier molecular flexibility index (Phi) is 5.16. The summed E-state index contributed by atoms with van der Waals surface area (Å²) in [6.07, 6.45) is 0.767. The van der Waals surface area contributed by atoms with Crippen molar-refractivity contribution in [2.45, 2.75) is 26.3 Å². The van der Waals surface area contributed by atoms with E-state index in [1.54, 1.807) is 0 Å². The Bertz CT molecular complexity index is 464. The van der Waals surface area contributed by atoms with Crippen LogP contribution >= 0.6 is 11.6 Å². The SMILES string of the molecule is CC(C)CC(CN(C)C)n1c(=O)cc(Cl)[nH]c1=O. The van der Waals surface area contributed by atoms with Gasteiger partial charge in [0.2, 0.25) is 0 Å². The van der Waals surface area contributed by atoms with Crippen LogP contribution in [0.3, 0.4) is 0 Å². The largest absolute Gasteiger partial charge is 0.329 e. The van der Waals surface area contributed by atoms with Gasteiger partial charge in [0, 0.05) is 12.6 Å². The van der Waals surface area contributed by atoms with Gasteiger partial charge < -0.3 is 4.90 Å². The molecule has 0 spiro atoms. The first-order chi connectivity index (χ1) is 8.31. The number of hydrogen-bond acceptors (Lipinski definition) is 3. The number of likely N-dealkylation sites (N-methyl/N-ethyl adjacent to an activating group) is 1. The van der Waals surface area contributed by atoms with Crippen LogP contribution in [0, 0.1) is 5.92 Å². The molecular weight excluding hydrogens is 254 g/mol. The van der Waals surface area contributed by atoms with Crippen molar-refractivity contribution in [3.05, 3.63) is 32.1 Å². The topological polar surface area (TPSA) is 58.1 Å². The summed E-state index contributed by atoms with van der Waals surface area (Å²) in [5, 5.41) is 0.0781. The van der Waals surface area contributed by atoms with Crippen LogP contribution < -0.4 is 11.2 Å². The molecule has 0 aliphatic rings. The van der Waals surface area contributed by atoms with Gasteiger partial charge in [0.25, 0.3) is 5.56 Å². The van der Waals surface area contributed by atoms with Crippen LogP contribution in [0.5, 0.6) is 0 Å². The number of aromatic nitrogens is 2. The molecule has 0 amide bonds. The number of hydrogen-bond donors (Lipinski definition) is 1. The molecule has 1 atom stereocenters. The Hall–Kier alpha value is -1.07. The van der Waals surface area contributed by atoms with Crippen molar-refractivity contribution in [3.63, 3.8) is 0 Å². The number of H-pyrrole nitrogens is 1. The van der Waals surface area contributed by atoms with Gasteiger partial charge in [0.15, 0.2) is 0 Å². The lowest BCUT2D eigenvalue weighted by Crippen LogP contribution is -2.41. The molecule has 0 saturated carbocycles. The van der Waals surface area contributed by atoms with E-state index in [0.717, 1.165) is 6.42 Å². The molecule has 1 N–H and O–H groups in total. The Labute approximate surface area is 111 Å². The summed E-state index contributed by atoms with van der Waals surface area (Å²) in [4.78, 5) is 28.2. The predicted molar refractivity (Wildman–Crippen MR) is 73.4 cm³/mol. The molecule has 102 valence electrons. The fraction of sp³-hybridized carbons (Fsp3) is 0.667. The molecule has 0 aliphatic carbocycles. The first-order valence-corrected chi connectivity index (χ1v) is 6.35. The van der Waals surface area contributed by atoms with Crippen LogP contribution in [0.15, 0.2) is 15.7 Å². The van der Waals surface area contributed by atoms with E-state index in [4.69, 9.17) is 11.6 Å². The average molecular weight is 274 g/mol. The van der Waals surface area contributed by atoms with Gasteiger partial charge >= 0.3 is 5.69 Å². The minimum atomic E-state index is -0.444. The van der Waals surface area contributed by atoms with Crippen molar-refractivity contribution in [2.75, 3.05) is 20.6 Å². The van der Waals surface area contributed by atoms with Crippen LogP contribution in [0.2, 0.25) is 5.15 Å². The summed E-state index contributed by atoms with van der Waals surface area (Å²) in [5.74, 6) is 0.400. The highest BCUT2D eigenvalue weighted by Gasteiger charge is 2.18. The number of nitrogens with one attached hydrogen (secondary N) is 1. The van der Waals surface area contributed by atoms with E-state index in [0.29, 0.717) is 12.5 Å². The van der Waals surface area contributed by atoms with Gasteiger partial charge in [-0.05, 0) is 26.4 Å². The molecule has 0 bridgehead atoms. The van der Waals surface area contributed by atoms with Crippen molar-refractivity contribution in [3.8, 4) is 0 Å². The van der Waals surface area contributed by atoms with E-state index < -0.39 is 5.69 Å². The Morgan fingerprint density at radius 2 is 2.00 bits per heavy atom. The lowest BCUT2D eigenvalue weighted by molar-refractivity contribution is 0.278. The van der Waals surface area contributed by atoms with Crippen LogP contribution in [-0.4, -0.2) is 35.1 Å². The summed E-state index contributed by atoms with van der Waals surface area (Å²) >= 11 is 5.66. The van der Waals surface area contributed by atoms with Gasteiger partial charge in [-0.15, -0.1) is 0 Å². The normalized spacial score (nSPS) is 13.3. The monoisotopic (exact) mass is 273 g/mol. The summed E-state index contributed by atoms with van der Waals surface area (Å²) in [5.41, 5.74) is -0.795. The van der Waals surface area contributed by atoms with E-state index in [9.17, 15) is 9.59 Å². The quantitative estimate of drug-likeness (QED) is 0.824. The van der Waals surface area contributed by atoms with Gasteiger partial charge in [-0.1, -0.05) is 25.4 Å². The van der Waals surface area contributed by atoms with E-state index in [1.165, 1.54) is 10.6 Å². The Morgan fingerprint density at radius 3 is 2.44 bits per heavy atom. The van der Waals surface area contributed by atoms with Crippen molar-refractivity contribution in [1.82, 2.24) is 14.5 Å². The molecule has 1 unspecified atom stereocenters. The molecule has 0 aromatic carbocycles. The van der Waals surface area contributed by atoms with Gasteiger partial charge in [-0.25, -0.2) is 4.79 Å². The fourth-order valence-corrected chi connectivity index (χ4v) is 2.22.